The van der Waals surface area contributed by atoms with Gasteiger partial charge in [0.05, 0.1) is 21.5 Å². The van der Waals surface area contributed by atoms with E-state index in [1.165, 1.54) is 6.07 Å². The molecule has 0 bridgehead atoms. The van der Waals surface area contributed by atoms with Gasteiger partial charge in [-0.1, -0.05) is 13.8 Å². The number of nitro benzene ring substituents is 1. The van der Waals surface area contributed by atoms with Gasteiger partial charge in [0, 0.05) is 19.0 Å². The molecule has 0 amide bonds. The quantitative estimate of drug-likeness (QED) is 0.636. The van der Waals surface area contributed by atoms with Crippen molar-refractivity contribution < 1.29 is 4.92 Å². The van der Waals surface area contributed by atoms with E-state index >= 15 is 0 Å². The molecule has 0 unspecified atom stereocenters. The van der Waals surface area contributed by atoms with Crippen LogP contribution in [0.25, 0.3) is 0 Å². The summed E-state index contributed by atoms with van der Waals surface area (Å²) in [6, 6.07) is 6.27. The van der Waals surface area contributed by atoms with Gasteiger partial charge in [0.25, 0.3) is 5.69 Å². The molecule has 1 heterocycles. The van der Waals surface area contributed by atoms with E-state index < -0.39 is 4.92 Å². The minimum Gasteiger partial charge on any atom is -0.309 e. The van der Waals surface area contributed by atoms with Gasteiger partial charge >= 0.3 is 0 Å². The second-order valence-electron chi connectivity index (χ2n) is 4.71. The Kier molecular flexibility index (Phi) is 4.23. The monoisotopic (exact) mass is 303 g/mol. The lowest BCUT2D eigenvalue weighted by Gasteiger charge is -2.06. The zero-order chi connectivity index (χ0) is 15.6. The number of hydrogen-bond donors (Lipinski definition) is 0. The highest BCUT2D eigenvalue weighted by atomic mass is 32.2. The van der Waals surface area contributed by atoms with E-state index in [4.69, 9.17) is 5.26 Å². The molecule has 7 nitrogen and oxygen atoms in total. The molecule has 0 aliphatic rings. The van der Waals surface area contributed by atoms with Gasteiger partial charge in [-0.25, -0.2) is 0 Å². The molecular formula is C13H13N5O2S. The molecule has 108 valence electrons. The molecule has 1 aromatic carbocycles. The summed E-state index contributed by atoms with van der Waals surface area (Å²) in [5.41, 5.74) is 0.153. The van der Waals surface area contributed by atoms with Crippen LogP contribution < -0.4 is 0 Å². The number of rotatable bonds is 4. The van der Waals surface area contributed by atoms with Crippen molar-refractivity contribution in [3.63, 3.8) is 0 Å². The average molecular weight is 303 g/mol. The number of aromatic nitrogens is 3. The molecular weight excluding hydrogens is 290 g/mol. The molecule has 0 aliphatic heterocycles. The Morgan fingerprint density at radius 1 is 1.43 bits per heavy atom. The minimum absolute atomic E-state index is 0.104. The zero-order valence-corrected chi connectivity index (χ0v) is 12.6. The van der Waals surface area contributed by atoms with Gasteiger partial charge in [-0.2, -0.15) is 5.26 Å². The Balaban J connectivity index is 2.40. The van der Waals surface area contributed by atoms with E-state index in [9.17, 15) is 10.1 Å². The van der Waals surface area contributed by atoms with Crippen molar-refractivity contribution in [3.05, 3.63) is 39.7 Å². The Morgan fingerprint density at radius 2 is 2.14 bits per heavy atom. The van der Waals surface area contributed by atoms with E-state index in [0.29, 0.717) is 10.1 Å². The predicted molar refractivity (Wildman–Crippen MR) is 77.0 cm³/mol. The van der Waals surface area contributed by atoms with Crippen LogP contribution in [0.3, 0.4) is 0 Å². The molecule has 0 saturated carbocycles. The van der Waals surface area contributed by atoms with Crippen molar-refractivity contribution in [2.75, 3.05) is 0 Å². The maximum Gasteiger partial charge on any atom is 0.284 e. The summed E-state index contributed by atoms with van der Waals surface area (Å²) in [6.07, 6.45) is 0. The first-order valence-electron chi connectivity index (χ1n) is 6.19. The molecule has 2 aromatic rings. The van der Waals surface area contributed by atoms with Crippen molar-refractivity contribution in [3.8, 4) is 6.07 Å². The van der Waals surface area contributed by atoms with Crippen molar-refractivity contribution in [2.45, 2.75) is 29.8 Å². The van der Waals surface area contributed by atoms with Crippen LogP contribution in [0.15, 0.2) is 28.3 Å². The number of nitro groups is 1. The smallest absolute Gasteiger partial charge is 0.284 e. The molecule has 1 aromatic heterocycles. The van der Waals surface area contributed by atoms with Crippen LogP contribution in [0.1, 0.15) is 31.2 Å². The Hall–Kier alpha value is -2.40. The second kappa shape index (κ2) is 5.93. The van der Waals surface area contributed by atoms with E-state index in [-0.39, 0.29) is 17.2 Å². The number of hydrogen-bond acceptors (Lipinski definition) is 6. The summed E-state index contributed by atoms with van der Waals surface area (Å²) >= 11 is 1.16. The normalized spacial score (nSPS) is 10.6. The first-order chi connectivity index (χ1) is 9.93. The van der Waals surface area contributed by atoms with Gasteiger partial charge in [-0.05, 0) is 23.9 Å². The fourth-order valence-corrected chi connectivity index (χ4v) is 2.71. The third-order valence-corrected chi connectivity index (χ3v) is 3.97. The number of nitriles is 1. The van der Waals surface area contributed by atoms with Crippen LogP contribution in [-0.2, 0) is 7.05 Å². The van der Waals surface area contributed by atoms with Crippen LogP contribution in [0.4, 0.5) is 5.69 Å². The standard InChI is InChI=1S/C13H13N5O2S/c1-8(2)12-15-16-13(17(12)3)21-11-5-4-9(7-14)6-10(11)18(19)20/h4-6,8H,1-3H3. The molecule has 21 heavy (non-hydrogen) atoms. The van der Waals surface area contributed by atoms with Crippen LogP contribution in [-0.4, -0.2) is 19.7 Å². The predicted octanol–water partition coefficient (Wildman–Crippen LogP) is 2.87. The third-order valence-electron chi connectivity index (χ3n) is 2.87. The fourth-order valence-electron chi connectivity index (χ4n) is 1.83. The molecule has 0 spiro atoms. The topological polar surface area (TPSA) is 97.6 Å². The maximum atomic E-state index is 11.1. The fraction of sp³-hybridized carbons (Fsp3) is 0.308. The van der Waals surface area contributed by atoms with Gasteiger partial charge in [-0.15, -0.1) is 10.2 Å². The van der Waals surface area contributed by atoms with E-state index in [0.717, 1.165) is 17.6 Å². The van der Waals surface area contributed by atoms with Crippen molar-refractivity contribution in [1.82, 2.24) is 14.8 Å². The molecule has 8 heteroatoms. The van der Waals surface area contributed by atoms with Crippen LogP contribution in [0, 0.1) is 21.4 Å². The van der Waals surface area contributed by atoms with Gasteiger partial charge < -0.3 is 4.57 Å². The lowest BCUT2D eigenvalue weighted by atomic mass is 10.2. The Bertz CT molecular complexity index is 733. The van der Waals surface area contributed by atoms with Crippen LogP contribution in [0.2, 0.25) is 0 Å². The summed E-state index contributed by atoms with van der Waals surface area (Å²) in [7, 11) is 1.83. The van der Waals surface area contributed by atoms with E-state index in [1.54, 1.807) is 12.1 Å². The Labute approximate surface area is 125 Å². The lowest BCUT2D eigenvalue weighted by molar-refractivity contribution is -0.387. The first kappa shape index (κ1) is 15.0. The molecule has 0 atom stereocenters. The number of benzene rings is 1. The summed E-state index contributed by atoms with van der Waals surface area (Å²) in [4.78, 5) is 11.1. The molecule has 0 saturated heterocycles. The molecule has 0 N–H and O–H groups in total. The van der Waals surface area contributed by atoms with Gasteiger partial charge in [-0.3, -0.25) is 10.1 Å². The largest absolute Gasteiger partial charge is 0.309 e. The highest BCUT2D eigenvalue weighted by Crippen LogP contribution is 2.34. The Morgan fingerprint density at radius 3 is 2.67 bits per heavy atom. The van der Waals surface area contributed by atoms with Crippen LogP contribution in [0.5, 0.6) is 0 Å². The van der Waals surface area contributed by atoms with E-state index in [2.05, 4.69) is 10.2 Å². The average Bonchev–Trinajstić information content (AvgIpc) is 2.80. The van der Waals surface area contributed by atoms with Gasteiger partial charge in [0.15, 0.2) is 5.16 Å². The third kappa shape index (κ3) is 3.03. The van der Waals surface area contributed by atoms with Crippen molar-refractivity contribution in [1.29, 1.82) is 5.26 Å². The minimum atomic E-state index is -0.497. The van der Waals surface area contributed by atoms with Gasteiger partial charge in [0.2, 0.25) is 0 Å². The van der Waals surface area contributed by atoms with Crippen molar-refractivity contribution in [2.24, 2.45) is 7.05 Å². The molecule has 0 fully saturated rings. The molecule has 0 radical (unpaired) electrons. The van der Waals surface area contributed by atoms with Gasteiger partial charge in [0.1, 0.15) is 5.82 Å². The lowest BCUT2D eigenvalue weighted by Crippen LogP contribution is -2.01. The highest BCUT2D eigenvalue weighted by molar-refractivity contribution is 7.99. The summed E-state index contributed by atoms with van der Waals surface area (Å²) in [5, 5.41) is 28.7. The summed E-state index contributed by atoms with van der Waals surface area (Å²) in [5.74, 6) is 1.03. The van der Waals surface area contributed by atoms with Crippen LogP contribution >= 0.6 is 11.8 Å². The second-order valence-corrected chi connectivity index (χ2v) is 5.72. The zero-order valence-electron chi connectivity index (χ0n) is 11.8. The highest BCUT2D eigenvalue weighted by Gasteiger charge is 2.19. The SMILES string of the molecule is CC(C)c1nnc(Sc2ccc(C#N)cc2[N+](=O)[O-])n1C. The van der Waals surface area contributed by atoms with Crippen molar-refractivity contribution >= 4 is 17.4 Å². The molecule has 2 rings (SSSR count). The first-order valence-corrected chi connectivity index (χ1v) is 7.01. The molecule has 0 aliphatic carbocycles. The summed E-state index contributed by atoms with van der Waals surface area (Å²) < 4.78 is 1.82. The maximum absolute atomic E-state index is 11.1. The summed E-state index contributed by atoms with van der Waals surface area (Å²) in [6.45, 7) is 4.01. The number of nitrogens with zero attached hydrogens (tertiary/aromatic N) is 5. The van der Waals surface area contributed by atoms with E-state index in [1.807, 2.05) is 31.5 Å².